The van der Waals surface area contributed by atoms with Crippen molar-refractivity contribution >= 4 is 5.91 Å². The smallest absolute Gasteiger partial charge is 0.272 e. The number of aromatic nitrogens is 2. The van der Waals surface area contributed by atoms with Crippen molar-refractivity contribution in [2.75, 3.05) is 26.3 Å². The molecule has 2 atom stereocenters. The van der Waals surface area contributed by atoms with Gasteiger partial charge in [-0.2, -0.15) is 5.10 Å². The zero-order valence-corrected chi connectivity index (χ0v) is 15.0. The van der Waals surface area contributed by atoms with Gasteiger partial charge in [0.1, 0.15) is 23.9 Å². The average molecular weight is 374 g/mol. The van der Waals surface area contributed by atoms with Crippen molar-refractivity contribution in [3.05, 3.63) is 47.5 Å². The van der Waals surface area contributed by atoms with E-state index < -0.39 is 0 Å². The maximum atomic E-state index is 13.2. The molecule has 1 amide bonds. The van der Waals surface area contributed by atoms with E-state index in [9.17, 15) is 9.18 Å². The summed E-state index contributed by atoms with van der Waals surface area (Å²) in [7, 11) is 0. The largest absolute Gasteiger partial charge is 0.487 e. The van der Waals surface area contributed by atoms with Crippen molar-refractivity contribution < 1.29 is 18.7 Å². The number of hydrogen-bond acceptors (Lipinski definition) is 5. The monoisotopic (exact) mass is 374 g/mol. The van der Waals surface area contributed by atoms with Crippen LogP contribution in [0.5, 0.6) is 5.75 Å². The van der Waals surface area contributed by atoms with Crippen molar-refractivity contribution in [2.24, 2.45) is 0 Å². The summed E-state index contributed by atoms with van der Waals surface area (Å²) in [5, 5.41) is 9.89. The Hall–Kier alpha value is -2.45. The minimum Gasteiger partial charge on any atom is -0.487 e. The van der Waals surface area contributed by atoms with Gasteiger partial charge in [-0.25, -0.2) is 4.39 Å². The van der Waals surface area contributed by atoms with E-state index in [0.717, 1.165) is 13.1 Å². The van der Waals surface area contributed by atoms with Crippen LogP contribution in [0.15, 0.2) is 30.3 Å². The van der Waals surface area contributed by atoms with Gasteiger partial charge in [-0.1, -0.05) is 6.07 Å². The quantitative estimate of drug-likeness (QED) is 0.805. The van der Waals surface area contributed by atoms with Gasteiger partial charge in [-0.3, -0.25) is 14.8 Å². The Balaban J connectivity index is 1.33. The standard InChI is InChI=1S/C19H23FN4O3/c20-13-4-3-5-15(8-13)27-10-14-9-16(23-22-14)19(25)21-17-11-26-12-18(17)24-6-1-2-7-24/h3-5,8-9,17-18H,1-2,6-7,10-12H2,(H,21,25)(H,22,23)/t17-,18-/m1/s1. The zero-order valence-electron chi connectivity index (χ0n) is 15.0. The van der Waals surface area contributed by atoms with E-state index in [2.05, 4.69) is 20.4 Å². The van der Waals surface area contributed by atoms with E-state index >= 15 is 0 Å². The summed E-state index contributed by atoms with van der Waals surface area (Å²) in [6.07, 6.45) is 2.40. The van der Waals surface area contributed by atoms with E-state index in [1.807, 2.05) is 0 Å². The number of ether oxygens (including phenoxy) is 2. The molecule has 0 bridgehead atoms. The molecular weight excluding hydrogens is 351 g/mol. The first-order chi connectivity index (χ1) is 13.2. The van der Waals surface area contributed by atoms with Gasteiger partial charge < -0.3 is 14.8 Å². The molecule has 0 radical (unpaired) electrons. The van der Waals surface area contributed by atoms with Crippen LogP contribution in [-0.4, -0.2) is 59.4 Å². The van der Waals surface area contributed by atoms with Crippen LogP contribution < -0.4 is 10.1 Å². The lowest BCUT2D eigenvalue weighted by atomic mass is 10.1. The first kappa shape index (κ1) is 17.9. The normalized spacial score (nSPS) is 22.9. The molecule has 2 saturated heterocycles. The van der Waals surface area contributed by atoms with Crippen molar-refractivity contribution in [3.8, 4) is 5.75 Å². The molecule has 0 unspecified atom stereocenters. The lowest BCUT2D eigenvalue weighted by molar-refractivity contribution is 0.0911. The van der Waals surface area contributed by atoms with Crippen molar-refractivity contribution in [2.45, 2.75) is 31.5 Å². The first-order valence-corrected chi connectivity index (χ1v) is 9.24. The summed E-state index contributed by atoms with van der Waals surface area (Å²) >= 11 is 0. The fraction of sp³-hybridized carbons (Fsp3) is 0.474. The topological polar surface area (TPSA) is 79.5 Å². The summed E-state index contributed by atoms with van der Waals surface area (Å²) in [4.78, 5) is 14.9. The van der Waals surface area contributed by atoms with E-state index in [1.54, 1.807) is 18.2 Å². The third-order valence-corrected chi connectivity index (χ3v) is 5.03. The Labute approximate surface area is 156 Å². The number of carbonyl (C=O) groups is 1. The van der Waals surface area contributed by atoms with Crippen LogP contribution >= 0.6 is 0 Å². The molecule has 27 heavy (non-hydrogen) atoms. The molecule has 0 saturated carbocycles. The fourth-order valence-corrected chi connectivity index (χ4v) is 3.63. The Bertz CT molecular complexity index is 791. The van der Waals surface area contributed by atoms with Gasteiger partial charge in [-0.15, -0.1) is 0 Å². The van der Waals surface area contributed by atoms with Crippen LogP contribution in [0.1, 0.15) is 29.0 Å². The number of aromatic amines is 1. The molecule has 1 aromatic heterocycles. The number of hydrogen-bond donors (Lipinski definition) is 2. The van der Waals surface area contributed by atoms with Crippen LogP contribution in [0.25, 0.3) is 0 Å². The third kappa shape index (κ3) is 4.28. The molecule has 7 nitrogen and oxygen atoms in total. The maximum Gasteiger partial charge on any atom is 0.272 e. The number of carbonyl (C=O) groups excluding carboxylic acids is 1. The number of H-pyrrole nitrogens is 1. The average Bonchev–Trinajstić information content (AvgIpc) is 3.41. The minimum absolute atomic E-state index is 0.0284. The van der Waals surface area contributed by atoms with Gasteiger partial charge in [0, 0.05) is 6.07 Å². The molecule has 2 fully saturated rings. The van der Waals surface area contributed by atoms with Gasteiger partial charge in [0.2, 0.25) is 0 Å². The van der Waals surface area contributed by atoms with Gasteiger partial charge in [0.05, 0.1) is 31.0 Å². The highest BCUT2D eigenvalue weighted by Gasteiger charge is 2.35. The predicted octanol–water partition coefficient (Wildman–Crippen LogP) is 1.72. The molecular formula is C19H23FN4O3. The molecule has 3 heterocycles. The van der Waals surface area contributed by atoms with Crippen molar-refractivity contribution in [1.82, 2.24) is 20.4 Å². The number of benzene rings is 1. The Morgan fingerprint density at radius 2 is 2.19 bits per heavy atom. The summed E-state index contributed by atoms with van der Waals surface area (Å²) < 4.78 is 24.3. The number of nitrogens with one attached hydrogen (secondary N) is 2. The molecule has 0 aliphatic carbocycles. The molecule has 1 aromatic carbocycles. The third-order valence-electron chi connectivity index (χ3n) is 5.03. The predicted molar refractivity (Wildman–Crippen MR) is 96.0 cm³/mol. The summed E-state index contributed by atoms with van der Waals surface area (Å²) in [6.45, 7) is 3.46. The van der Waals surface area contributed by atoms with Crippen LogP contribution in [0.3, 0.4) is 0 Å². The van der Waals surface area contributed by atoms with Gasteiger partial charge in [-0.05, 0) is 44.1 Å². The molecule has 144 valence electrons. The van der Waals surface area contributed by atoms with Crippen LogP contribution in [0.4, 0.5) is 4.39 Å². The minimum atomic E-state index is -0.358. The first-order valence-electron chi connectivity index (χ1n) is 9.24. The maximum absolute atomic E-state index is 13.2. The second-order valence-electron chi connectivity index (χ2n) is 6.95. The van der Waals surface area contributed by atoms with Gasteiger partial charge in [0.15, 0.2) is 0 Å². The lowest BCUT2D eigenvalue weighted by Crippen LogP contribution is -2.50. The number of nitrogens with zero attached hydrogens (tertiary/aromatic N) is 2. The highest BCUT2D eigenvalue weighted by atomic mass is 19.1. The molecule has 2 aromatic rings. The molecule has 2 N–H and O–H groups in total. The van der Waals surface area contributed by atoms with Crippen molar-refractivity contribution in [3.63, 3.8) is 0 Å². The summed E-state index contributed by atoms with van der Waals surface area (Å²) in [6, 6.07) is 7.76. The lowest BCUT2D eigenvalue weighted by Gasteiger charge is -2.27. The molecule has 4 rings (SSSR count). The van der Waals surface area contributed by atoms with Gasteiger partial charge in [0.25, 0.3) is 5.91 Å². The highest BCUT2D eigenvalue weighted by molar-refractivity contribution is 5.92. The number of amides is 1. The van der Waals surface area contributed by atoms with Crippen LogP contribution in [0, 0.1) is 5.82 Å². The number of halogens is 1. The van der Waals surface area contributed by atoms with E-state index in [1.165, 1.54) is 25.0 Å². The summed E-state index contributed by atoms with van der Waals surface area (Å²) in [5.41, 5.74) is 0.947. The number of likely N-dealkylation sites (tertiary alicyclic amines) is 1. The van der Waals surface area contributed by atoms with Gasteiger partial charge >= 0.3 is 0 Å². The SMILES string of the molecule is O=C(N[C@@H]1COC[C@H]1N1CCCC1)c1cc(COc2cccc(F)c2)[nH]n1. The van der Waals surface area contributed by atoms with Crippen molar-refractivity contribution in [1.29, 1.82) is 0 Å². The zero-order chi connectivity index (χ0) is 18.6. The summed E-state index contributed by atoms with van der Waals surface area (Å²) in [5.74, 6) is -0.168. The Kier molecular flexibility index (Phi) is 5.35. The fourth-order valence-electron chi connectivity index (χ4n) is 3.63. The van der Waals surface area contributed by atoms with E-state index in [-0.39, 0.29) is 30.4 Å². The van der Waals surface area contributed by atoms with E-state index in [0.29, 0.717) is 30.4 Å². The molecule has 2 aliphatic rings. The second-order valence-corrected chi connectivity index (χ2v) is 6.95. The second kappa shape index (κ2) is 8.06. The molecule has 0 spiro atoms. The van der Waals surface area contributed by atoms with E-state index in [4.69, 9.17) is 9.47 Å². The molecule has 8 heteroatoms. The highest BCUT2D eigenvalue weighted by Crippen LogP contribution is 2.19. The molecule has 2 aliphatic heterocycles. The Morgan fingerprint density at radius 3 is 3.00 bits per heavy atom. The Morgan fingerprint density at radius 1 is 1.33 bits per heavy atom. The number of rotatable bonds is 6. The van der Waals surface area contributed by atoms with Crippen LogP contribution in [-0.2, 0) is 11.3 Å². The van der Waals surface area contributed by atoms with Crippen LogP contribution in [0.2, 0.25) is 0 Å².